The first kappa shape index (κ1) is 28.9. The van der Waals surface area contributed by atoms with Crippen molar-refractivity contribution in [2.45, 2.75) is 12.5 Å². The van der Waals surface area contributed by atoms with Crippen LogP contribution in [0.3, 0.4) is 0 Å². The minimum atomic E-state index is -1.03. The Morgan fingerprint density at radius 3 is 2.52 bits per heavy atom. The van der Waals surface area contributed by atoms with Crippen LogP contribution in [0.4, 0.5) is 11.4 Å². The quantitative estimate of drug-likeness (QED) is 0.289. The number of nitriles is 1. The summed E-state index contributed by atoms with van der Waals surface area (Å²) in [5, 5.41) is 25.6. The maximum Gasteiger partial charge on any atom is 0.247 e. The number of amides is 3. The Balaban J connectivity index is 1.30. The molecule has 5 aromatic rings. The first-order chi connectivity index (χ1) is 21.2. The lowest BCUT2D eigenvalue weighted by molar-refractivity contribution is -0.143. The molecule has 3 amide bonds. The molecule has 1 aliphatic rings. The van der Waals surface area contributed by atoms with E-state index in [4.69, 9.17) is 23.2 Å². The Bertz CT molecular complexity index is 1960. The number of carbonyl (C=O) groups excluding carboxylic acids is 3. The van der Waals surface area contributed by atoms with E-state index in [9.17, 15) is 19.6 Å². The number of nitrogens with zero attached hydrogens (tertiary/aromatic N) is 8. The minimum absolute atomic E-state index is 0.117. The summed E-state index contributed by atoms with van der Waals surface area (Å²) < 4.78 is 3.06. The highest BCUT2D eigenvalue weighted by Crippen LogP contribution is 2.30. The third-order valence-corrected chi connectivity index (χ3v) is 7.65. The maximum atomic E-state index is 13.8. The molecule has 6 rings (SSSR count). The molecule has 1 saturated heterocycles. The molecule has 0 radical (unpaired) electrons. The van der Waals surface area contributed by atoms with Crippen LogP contribution in [0.25, 0.3) is 16.6 Å². The monoisotopic (exact) mass is 627 g/mol. The van der Waals surface area contributed by atoms with Gasteiger partial charge in [0.15, 0.2) is 5.15 Å². The summed E-state index contributed by atoms with van der Waals surface area (Å²) in [4.78, 5) is 43.8. The molecule has 3 aromatic carbocycles. The molecule has 1 atom stereocenters. The zero-order valence-corrected chi connectivity index (χ0v) is 24.7. The Kier molecular flexibility index (Phi) is 7.73. The van der Waals surface area contributed by atoms with Crippen molar-refractivity contribution in [3.05, 3.63) is 94.4 Å². The number of carbonyl (C=O) groups is 3. The van der Waals surface area contributed by atoms with Gasteiger partial charge >= 0.3 is 0 Å². The first-order valence-corrected chi connectivity index (χ1v) is 14.1. The summed E-state index contributed by atoms with van der Waals surface area (Å²) in [6.45, 7) is -0.702. The maximum absolute atomic E-state index is 13.8. The van der Waals surface area contributed by atoms with E-state index in [0.717, 1.165) is 16.5 Å². The Morgan fingerprint density at radius 2 is 1.80 bits per heavy atom. The van der Waals surface area contributed by atoms with Gasteiger partial charge in [0, 0.05) is 35.8 Å². The van der Waals surface area contributed by atoms with Gasteiger partial charge < -0.3 is 10.2 Å². The Morgan fingerprint density at radius 1 is 1.00 bits per heavy atom. The zero-order valence-electron chi connectivity index (χ0n) is 23.2. The average molecular weight is 628 g/mol. The predicted octanol–water partition coefficient (Wildman–Crippen LogP) is 3.76. The van der Waals surface area contributed by atoms with Gasteiger partial charge in [-0.1, -0.05) is 40.5 Å². The highest BCUT2D eigenvalue weighted by atomic mass is 35.5. The molecule has 0 saturated carbocycles. The van der Waals surface area contributed by atoms with E-state index in [-0.39, 0.29) is 24.7 Å². The van der Waals surface area contributed by atoms with Crippen LogP contribution < -0.4 is 10.2 Å². The second-order valence-electron chi connectivity index (χ2n) is 10.2. The number of aryl methyl sites for hydroxylation is 1. The summed E-state index contributed by atoms with van der Waals surface area (Å²) in [5.41, 5.74) is 3.26. The molecule has 2 aromatic heterocycles. The number of fused-ring (bicyclic) bond motifs is 1. The van der Waals surface area contributed by atoms with E-state index >= 15 is 0 Å². The van der Waals surface area contributed by atoms with Crippen molar-refractivity contribution in [2.24, 2.45) is 7.05 Å². The van der Waals surface area contributed by atoms with Crippen molar-refractivity contribution in [2.75, 3.05) is 23.3 Å². The van der Waals surface area contributed by atoms with Gasteiger partial charge in [0.25, 0.3) is 0 Å². The number of anilines is 2. The molecular weight excluding hydrogens is 605 g/mol. The topological polar surface area (TPSA) is 142 Å². The van der Waals surface area contributed by atoms with E-state index in [1.165, 1.54) is 20.7 Å². The van der Waals surface area contributed by atoms with Crippen LogP contribution in [0.2, 0.25) is 10.2 Å². The number of halogens is 2. The lowest BCUT2D eigenvalue weighted by Crippen LogP contribution is -2.60. The van der Waals surface area contributed by atoms with Crippen LogP contribution >= 0.6 is 23.2 Å². The first-order valence-electron chi connectivity index (χ1n) is 13.4. The average Bonchev–Trinajstić information content (AvgIpc) is 3.61. The molecule has 1 N–H and O–H groups in total. The van der Waals surface area contributed by atoms with Crippen LogP contribution in [0.15, 0.2) is 73.1 Å². The van der Waals surface area contributed by atoms with E-state index in [1.807, 2.05) is 13.2 Å². The molecule has 3 heterocycles. The highest BCUT2D eigenvalue weighted by Gasteiger charge is 2.39. The lowest BCUT2D eigenvalue weighted by atomic mass is 10.0. The number of hydrogen-bond donors (Lipinski definition) is 1. The van der Waals surface area contributed by atoms with Crippen molar-refractivity contribution < 1.29 is 14.4 Å². The van der Waals surface area contributed by atoms with Crippen molar-refractivity contribution in [1.82, 2.24) is 29.7 Å². The molecule has 220 valence electrons. The molecule has 12 nitrogen and oxygen atoms in total. The van der Waals surface area contributed by atoms with Crippen LogP contribution in [0.5, 0.6) is 0 Å². The molecule has 0 spiro atoms. The number of nitrogens with one attached hydrogen (secondary N) is 1. The zero-order chi connectivity index (χ0) is 31.0. The third-order valence-electron chi connectivity index (χ3n) is 7.24. The number of hydrogen-bond acceptors (Lipinski definition) is 7. The molecule has 1 unspecified atom stereocenters. The standard InChI is InChI=1S/C30H23Cl2N9O3/c1-38-14-20-11-22(7-8-23(20)36-38)34-30(44)26(10-18-2-4-19(13-33)5-3-18)40-17-28(42)39(16-29(40)43)25-12-21(31)6-9-24(25)41-15-27(32)35-37-41/h2-9,11-12,14-15,26H,10,16-17H2,1H3,(H,34,44). The molecule has 1 aliphatic heterocycles. The fourth-order valence-corrected chi connectivity index (χ4v) is 5.43. The second kappa shape index (κ2) is 11.8. The smallest absolute Gasteiger partial charge is 0.247 e. The second-order valence-corrected chi connectivity index (χ2v) is 11.0. The van der Waals surface area contributed by atoms with Gasteiger partial charge in [0.1, 0.15) is 19.1 Å². The van der Waals surface area contributed by atoms with E-state index in [2.05, 4.69) is 26.8 Å². The number of rotatable bonds is 7. The highest BCUT2D eigenvalue weighted by molar-refractivity contribution is 6.31. The third kappa shape index (κ3) is 5.83. The summed E-state index contributed by atoms with van der Waals surface area (Å²) in [5.74, 6) is -1.33. The minimum Gasteiger partial charge on any atom is -0.324 e. The van der Waals surface area contributed by atoms with Crippen molar-refractivity contribution >= 4 is 63.2 Å². The van der Waals surface area contributed by atoms with E-state index in [1.54, 1.807) is 65.3 Å². The lowest BCUT2D eigenvalue weighted by Gasteiger charge is -2.38. The van der Waals surface area contributed by atoms with Crippen LogP contribution in [-0.2, 0) is 27.9 Å². The van der Waals surface area contributed by atoms with Crippen LogP contribution in [0, 0.1) is 11.3 Å². The van der Waals surface area contributed by atoms with Crippen molar-refractivity contribution in [3.8, 4) is 11.8 Å². The van der Waals surface area contributed by atoms with Gasteiger partial charge in [-0.25, -0.2) is 4.68 Å². The number of benzene rings is 3. The van der Waals surface area contributed by atoms with E-state index < -0.39 is 23.8 Å². The summed E-state index contributed by atoms with van der Waals surface area (Å²) in [6, 6.07) is 17.9. The van der Waals surface area contributed by atoms with Gasteiger partial charge in [0.2, 0.25) is 17.7 Å². The number of piperazine rings is 1. The van der Waals surface area contributed by atoms with Crippen molar-refractivity contribution in [3.63, 3.8) is 0 Å². The molecule has 14 heteroatoms. The Hall–Kier alpha value is -5.25. The Labute approximate surface area is 261 Å². The van der Waals surface area contributed by atoms with Crippen LogP contribution in [-0.4, -0.2) is 66.5 Å². The SMILES string of the molecule is Cn1cc2cc(NC(=O)C(Cc3ccc(C#N)cc3)N3CC(=O)N(c4cc(Cl)ccc4-n4cc(Cl)nn4)CC3=O)ccc2n1. The molecular formula is C30H23Cl2N9O3. The van der Waals surface area contributed by atoms with Gasteiger partial charge in [-0.3, -0.25) is 24.0 Å². The molecule has 44 heavy (non-hydrogen) atoms. The van der Waals surface area contributed by atoms with Crippen LogP contribution in [0.1, 0.15) is 11.1 Å². The fourth-order valence-electron chi connectivity index (χ4n) is 5.14. The fraction of sp³-hybridized carbons (Fsp3) is 0.167. The summed E-state index contributed by atoms with van der Waals surface area (Å²) >= 11 is 12.2. The van der Waals surface area contributed by atoms with Crippen molar-refractivity contribution in [1.29, 1.82) is 5.26 Å². The van der Waals surface area contributed by atoms with Gasteiger partial charge in [-0.05, 0) is 54.1 Å². The summed E-state index contributed by atoms with van der Waals surface area (Å²) in [7, 11) is 1.81. The van der Waals surface area contributed by atoms with E-state index in [0.29, 0.717) is 27.6 Å². The predicted molar refractivity (Wildman–Crippen MR) is 163 cm³/mol. The normalized spacial score (nSPS) is 14.1. The molecule has 0 bridgehead atoms. The summed E-state index contributed by atoms with van der Waals surface area (Å²) in [6.07, 6.45) is 3.42. The largest absolute Gasteiger partial charge is 0.324 e. The van der Waals surface area contributed by atoms with Gasteiger partial charge in [-0.2, -0.15) is 10.4 Å². The molecule has 0 aliphatic carbocycles. The number of aromatic nitrogens is 5. The van der Waals surface area contributed by atoms with Gasteiger partial charge in [-0.15, -0.1) is 5.10 Å². The molecule has 1 fully saturated rings. The van der Waals surface area contributed by atoms with Gasteiger partial charge in [0.05, 0.1) is 34.7 Å².